The molecular formula is C10H14. The van der Waals surface area contributed by atoms with Crippen LogP contribution in [0.1, 0.15) is 26.2 Å². The van der Waals surface area contributed by atoms with Crippen LogP contribution in [0.3, 0.4) is 0 Å². The largest absolute Gasteiger partial charge is 0.0988 e. The van der Waals surface area contributed by atoms with Gasteiger partial charge in [0, 0.05) is 0 Å². The molecule has 0 bridgehead atoms. The summed E-state index contributed by atoms with van der Waals surface area (Å²) in [5.41, 5.74) is 2.88. The molecule has 0 aromatic heterocycles. The van der Waals surface area contributed by atoms with E-state index in [2.05, 4.69) is 25.7 Å². The summed E-state index contributed by atoms with van der Waals surface area (Å²) >= 11 is 0. The lowest BCUT2D eigenvalue weighted by molar-refractivity contribution is 0.983. The van der Waals surface area contributed by atoms with Crippen molar-refractivity contribution in [2.45, 2.75) is 26.2 Å². The molecule has 1 rings (SSSR count). The molecule has 1 aliphatic carbocycles. The quantitative estimate of drug-likeness (QED) is 0.483. The Morgan fingerprint density at radius 2 is 2.30 bits per heavy atom. The third kappa shape index (κ3) is 1.87. The van der Waals surface area contributed by atoms with Gasteiger partial charge in [-0.25, -0.2) is 0 Å². The summed E-state index contributed by atoms with van der Waals surface area (Å²) < 4.78 is 0. The highest BCUT2D eigenvalue weighted by atomic mass is 14.0. The normalized spacial score (nSPS) is 18.9. The molecule has 0 atom stereocenters. The first-order valence-electron chi connectivity index (χ1n) is 3.80. The highest BCUT2D eigenvalue weighted by Gasteiger charge is 1.96. The predicted molar refractivity (Wildman–Crippen MR) is 45.9 cm³/mol. The monoisotopic (exact) mass is 134 g/mol. The van der Waals surface area contributed by atoms with E-state index in [1.165, 1.54) is 24.0 Å². The Balaban J connectivity index is 2.63. The molecule has 0 saturated heterocycles. The minimum absolute atomic E-state index is 1.08. The zero-order valence-corrected chi connectivity index (χ0v) is 6.56. The number of hydrogen-bond donors (Lipinski definition) is 0. The van der Waals surface area contributed by atoms with Gasteiger partial charge >= 0.3 is 0 Å². The molecule has 0 nitrogen and oxygen atoms in total. The van der Waals surface area contributed by atoms with E-state index < -0.39 is 0 Å². The van der Waals surface area contributed by atoms with Crippen LogP contribution >= 0.6 is 0 Å². The van der Waals surface area contributed by atoms with E-state index in [0.717, 1.165) is 6.42 Å². The molecule has 0 aromatic carbocycles. The average molecular weight is 134 g/mol. The third-order valence-corrected chi connectivity index (χ3v) is 1.89. The first kappa shape index (κ1) is 7.33. The van der Waals surface area contributed by atoms with Crippen molar-refractivity contribution in [3.05, 3.63) is 36.0 Å². The van der Waals surface area contributed by atoms with Crippen molar-refractivity contribution < 1.29 is 0 Å². The molecule has 10 heavy (non-hydrogen) atoms. The van der Waals surface area contributed by atoms with Gasteiger partial charge in [-0.15, -0.1) is 0 Å². The highest BCUT2D eigenvalue weighted by molar-refractivity contribution is 5.23. The maximum Gasteiger partial charge on any atom is -0.00982 e. The van der Waals surface area contributed by atoms with E-state index >= 15 is 0 Å². The predicted octanol–water partition coefficient (Wildman–Crippen LogP) is 3.23. The van der Waals surface area contributed by atoms with Crippen LogP contribution in [-0.2, 0) is 0 Å². The minimum atomic E-state index is 1.08. The second kappa shape index (κ2) is 3.40. The molecule has 0 radical (unpaired) electrons. The fraction of sp³-hybridized carbons (Fsp3) is 0.400. The Labute approximate surface area is 62.9 Å². The van der Waals surface area contributed by atoms with Gasteiger partial charge in [-0.2, -0.15) is 0 Å². The SMILES string of the molecule is C=CC1=CCCC(C)=CC1. The fourth-order valence-corrected chi connectivity index (χ4v) is 1.13. The van der Waals surface area contributed by atoms with Crippen molar-refractivity contribution >= 4 is 0 Å². The van der Waals surface area contributed by atoms with Gasteiger partial charge in [0.15, 0.2) is 0 Å². The Morgan fingerprint density at radius 3 is 3.00 bits per heavy atom. The lowest BCUT2D eigenvalue weighted by Gasteiger charge is -1.91. The average Bonchev–Trinajstić information content (AvgIpc) is 2.14. The molecule has 0 saturated carbocycles. The van der Waals surface area contributed by atoms with E-state index in [0.29, 0.717) is 0 Å². The second-order valence-electron chi connectivity index (χ2n) is 2.78. The summed E-state index contributed by atoms with van der Waals surface area (Å²) in [6.45, 7) is 5.95. The molecule has 0 fully saturated rings. The van der Waals surface area contributed by atoms with Crippen molar-refractivity contribution in [1.82, 2.24) is 0 Å². The van der Waals surface area contributed by atoms with Crippen LogP contribution in [0.25, 0.3) is 0 Å². The molecule has 1 aliphatic rings. The van der Waals surface area contributed by atoms with Crippen molar-refractivity contribution in [3.8, 4) is 0 Å². The number of rotatable bonds is 1. The Morgan fingerprint density at radius 1 is 1.50 bits per heavy atom. The van der Waals surface area contributed by atoms with Crippen molar-refractivity contribution in [2.24, 2.45) is 0 Å². The van der Waals surface area contributed by atoms with Crippen LogP contribution in [0.4, 0.5) is 0 Å². The van der Waals surface area contributed by atoms with Gasteiger partial charge in [0.25, 0.3) is 0 Å². The van der Waals surface area contributed by atoms with Crippen molar-refractivity contribution in [3.63, 3.8) is 0 Å². The maximum absolute atomic E-state index is 3.75. The second-order valence-corrected chi connectivity index (χ2v) is 2.78. The van der Waals surface area contributed by atoms with E-state index in [9.17, 15) is 0 Å². The first-order chi connectivity index (χ1) is 4.83. The summed E-state index contributed by atoms with van der Waals surface area (Å²) in [7, 11) is 0. The fourth-order valence-electron chi connectivity index (χ4n) is 1.13. The van der Waals surface area contributed by atoms with Crippen molar-refractivity contribution in [2.75, 3.05) is 0 Å². The zero-order chi connectivity index (χ0) is 7.40. The van der Waals surface area contributed by atoms with E-state index in [1.54, 1.807) is 0 Å². The van der Waals surface area contributed by atoms with E-state index in [4.69, 9.17) is 0 Å². The number of hydrogen-bond acceptors (Lipinski definition) is 0. The highest BCUT2D eigenvalue weighted by Crippen LogP contribution is 2.16. The van der Waals surface area contributed by atoms with Crippen LogP contribution in [-0.4, -0.2) is 0 Å². The lowest BCUT2D eigenvalue weighted by atomic mass is 10.2. The molecule has 0 spiro atoms. The van der Waals surface area contributed by atoms with Crippen LogP contribution in [0.2, 0.25) is 0 Å². The Bertz CT molecular complexity index is 182. The molecule has 0 aromatic rings. The first-order valence-corrected chi connectivity index (χ1v) is 3.80. The summed E-state index contributed by atoms with van der Waals surface area (Å²) in [4.78, 5) is 0. The Kier molecular flexibility index (Phi) is 2.49. The molecule has 0 N–H and O–H groups in total. The lowest BCUT2D eigenvalue weighted by Crippen LogP contribution is -1.71. The van der Waals surface area contributed by atoms with Gasteiger partial charge in [-0.05, 0) is 31.8 Å². The van der Waals surface area contributed by atoms with Gasteiger partial charge in [-0.3, -0.25) is 0 Å². The molecule has 0 aliphatic heterocycles. The van der Waals surface area contributed by atoms with Crippen LogP contribution in [0, 0.1) is 0 Å². The van der Waals surface area contributed by atoms with Crippen LogP contribution in [0.15, 0.2) is 36.0 Å². The van der Waals surface area contributed by atoms with Gasteiger partial charge in [-0.1, -0.05) is 30.4 Å². The van der Waals surface area contributed by atoms with Crippen LogP contribution < -0.4 is 0 Å². The molecule has 0 heterocycles. The Hall–Kier alpha value is -0.780. The van der Waals surface area contributed by atoms with E-state index in [-0.39, 0.29) is 0 Å². The summed E-state index contributed by atoms with van der Waals surface area (Å²) in [6.07, 6.45) is 10.0. The van der Waals surface area contributed by atoms with Gasteiger partial charge < -0.3 is 0 Å². The topological polar surface area (TPSA) is 0 Å². The molecule has 0 unspecified atom stereocenters. The minimum Gasteiger partial charge on any atom is -0.0988 e. The summed E-state index contributed by atoms with van der Waals surface area (Å²) in [6, 6.07) is 0. The summed E-state index contributed by atoms with van der Waals surface area (Å²) in [5, 5.41) is 0. The third-order valence-electron chi connectivity index (χ3n) is 1.89. The van der Waals surface area contributed by atoms with Gasteiger partial charge in [0.1, 0.15) is 0 Å². The standard InChI is InChI=1S/C10H14/c1-3-10-6-4-5-9(2)7-8-10/h3,6-7H,1,4-5,8H2,2H3. The van der Waals surface area contributed by atoms with Gasteiger partial charge in [0.05, 0.1) is 0 Å². The van der Waals surface area contributed by atoms with Crippen LogP contribution in [0.5, 0.6) is 0 Å². The molecule has 0 heteroatoms. The molecule has 0 amide bonds. The van der Waals surface area contributed by atoms with E-state index in [1.807, 2.05) is 6.08 Å². The summed E-state index contributed by atoms with van der Waals surface area (Å²) in [5.74, 6) is 0. The number of allylic oxidation sites excluding steroid dienone is 5. The molecule has 54 valence electrons. The van der Waals surface area contributed by atoms with Gasteiger partial charge in [0.2, 0.25) is 0 Å². The smallest absolute Gasteiger partial charge is 0.00982 e. The maximum atomic E-state index is 3.75. The zero-order valence-electron chi connectivity index (χ0n) is 6.56. The van der Waals surface area contributed by atoms with Crippen molar-refractivity contribution in [1.29, 1.82) is 0 Å². The molecular weight excluding hydrogens is 120 g/mol.